The molecule has 0 aliphatic carbocycles. The zero-order valence-electron chi connectivity index (χ0n) is 15.0. The minimum absolute atomic E-state index is 0.0481. The van der Waals surface area contributed by atoms with E-state index in [1.54, 1.807) is 7.11 Å². The number of pyridine rings is 1. The number of carbonyl (C=O) groups is 1. The van der Waals surface area contributed by atoms with Crippen LogP contribution in [0.4, 0.5) is 0 Å². The molecule has 0 bridgehead atoms. The highest BCUT2D eigenvalue weighted by Gasteiger charge is 2.20. The van der Waals surface area contributed by atoms with E-state index in [0.717, 1.165) is 23.6 Å². The van der Waals surface area contributed by atoms with Crippen molar-refractivity contribution in [2.24, 2.45) is 0 Å². The van der Waals surface area contributed by atoms with Gasteiger partial charge in [-0.2, -0.15) is 0 Å². The van der Waals surface area contributed by atoms with Gasteiger partial charge in [0.05, 0.1) is 12.1 Å². The van der Waals surface area contributed by atoms with Gasteiger partial charge in [0.25, 0.3) is 5.91 Å². The number of imidazole rings is 2. The average Bonchev–Trinajstić information content (AvgIpc) is 3.13. The summed E-state index contributed by atoms with van der Waals surface area (Å²) in [7, 11) is 1.68. The highest BCUT2D eigenvalue weighted by atomic mass is 16.5. The third kappa shape index (κ3) is 3.41. The highest BCUT2D eigenvalue weighted by Crippen LogP contribution is 2.22. The first-order valence-corrected chi connectivity index (χ1v) is 8.32. The van der Waals surface area contributed by atoms with Gasteiger partial charge in [0.15, 0.2) is 11.5 Å². The lowest BCUT2D eigenvalue weighted by Crippen LogP contribution is -2.30. The summed E-state index contributed by atoms with van der Waals surface area (Å²) in [6.45, 7) is 7.14. The van der Waals surface area contributed by atoms with E-state index in [1.807, 2.05) is 60.3 Å². The Labute approximate surface area is 146 Å². The average molecular weight is 341 g/mol. The van der Waals surface area contributed by atoms with E-state index in [1.165, 1.54) is 0 Å². The molecule has 1 N–H and O–H groups in total. The molecule has 25 heavy (non-hydrogen) atoms. The molecule has 0 saturated carbocycles. The summed E-state index contributed by atoms with van der Waals surface area (Å²) in [5, 5.41) is 2.90. The predicted molar refractivity (Wildman–Crippen MR) is 95.6 cm³/mol. The lowest BCUT2D eigenvalue weighted by molar-refractivity contribution is 0.0940. The van der Waals surface area contributed by atoms with Crippen LogP contribution in [0.25, 0.3) is 17.0 Å². The van der Waals surface area contributed by atoms with Crippen LogP contribution in [-0.4, -0.2) is 44.6 Å². The van der Waals surface area contributed by atoms with Crippen molar-refractivity contribution in [3.05, 3.63) is 42.1 Å². The molecule has 0 spiro atoms. The molecule has 1 amide bonds. The third-order valence-electron chi connectivity index (χ3n) is 3.92. The number of hydrogen-bond acceptors (Lipinski definition) is 4. The van der Waals surface area contributed by atoms with E-state index in [9.17, 15) is 4.79 Å². The van der Waals surface area contributed by atoms with Crippen molar-refractivity contribution in [1.82, 2.24) is 24.3 Å². The van der Waals surface area contributed by atoms with Crippen LogP contribution in [-0.2, 0) is 11.3 Å². The molecule has 0 aliphatic rings. The second-order valence-electron chi connectivity index (χ2n) is 6.23. The summed E-state index contributed by atoms with van der Waals surface area (Å²) in [4.78, 5) is 21.7. The van der Waals surface area contributed by atoms with Crippen LogP contribution in [0, 0.1) is 6.92 Å². The second kappa shape index (κ2) is 7.06. The fourth-order valence-electron chi connectivity index (χ4n) is 2.75. The molecule has 0 aliphatic heterocycles. The molecule has 0 atom stereocenters. The second-order valence-corrected chi connectivity index (χ2v) is 6.23. The van der Waals surface area contributed by atoms with Crippen molar-refractivity contribution in [3.8, 4) is 11.5 Å². The molecule has 3 aromatic heterocycles. The molecule has 0 radical (unpaired) electrons. The molecular formula is C18H23N5O2. The Morgan fingerprint density at radius 1 is 1.32 bits per heavy atom. The molecule has 3 rings (SSSR count). The smallest absolute Gasteiger partial charge is 0.272 e. The largest absolute Gasteiger partial charge is 0.383 e. The number of fused-ring (bicyclic) bond motifs is 1. The van der Waals surface area contributed by atoms with Gasteiger partial charge in [0, 0.05) is 32.1 Å². The number of aromatic nitrogens is 4. The van der Waals surface area contributed by atoms with Crippen molar-refractivity contribution < 1.29 is 9.53 Å². The zero-order valence-corrected chi connectivity index (χ0v) is 15.0. The molecular weight excluding hydrogens is 318 g/mol. The SMILES string of the molecule is COCCn1cc(-c2nc(C(=O)NC(C)C)c3ccccn23)nc1C. The highest BCUT2D eigenvalue weighted by molar-refractivity contribution is 6.00. The number of ether oxygens (including phenoxy) is 1. The first-order valence-electron chi connectivity index (χ1n) is 8.32. The van der Waals surface area contributed by atoms with Gasteiger partial charge in [-0.25, -0.2) is 9.97 Å². The monoisotopic (exact) mass is 341 g/mol. The Morgan fingerprint density at radius 3 is 2.84 bits per heavy atom. The summed E-state index contributed by atoms with van der Waals surface area (Å²) in [6.07, 6.45) is 3.84. The van der Waals surface area contributed by atoms with Crippen molar-refractivity contribution in [2.75, 3.05) is 13.7 Å². The molecule has 0 aromatic carbocycles. The molecule has 7 heteroatoms. The molecule has 132 valence electrons. The Bertz CT molecular complexity index is 894. The zero-order chi connectivity index (χ0) is 18.0. The van der Waals surface area contributed by atoms with Gasteiger partial charge in [-0.3, -0.25) is 9.20 Å². The van der Waals surface area contributed by atoms with Gasteiger partial charge in [0.1, 0.15) is 11.5 Å². The summed E-state index contributed by atoms with van der Waals surface area (Å²) in [5.74, 6) is 1.36. The number of aryl methyl sites for hydroxylation is 1. The molecule has 3 heterocycles. The Kier molecular flexibility index (Phi) is 4.85. The van der Waals surface area contributed by atoms with E-state index in [0.29, 0.717) is 18.1 Å². The van der Waals surface area contributed by atoms with Crippen molar-refractivity contribution in [3.63, 3.8) is 0 Å². The van der Waals surface area contributed by atoms with Crippen LogP contribution in [0.2, 0.25) is 0 Å². The molecule has 3 aromatic rings. The third-order valence-corrected chi connectivity index (χ3v) is 3.92. The van der Waals surface area contributed by atoms with Gasteiger partial charge >= 0.3 is 0 Å². The van der Waals surface area contributed by atoms with Crippen LogP contribution >= 0.6 is 0 Å². The molecule has 0 unspecified atom stereocenters. The number of methoxy groups -OCH3 is 1. The van der Waals surface area contributed by atoms with E-state index in [4.69, 9.17) is 4.74 Å². The fraction of sp³-hybridized carbons (Fsp3) is 0.389. The minimum atomic E-state index is -0.180. The molecule has 0 fully saturated rings. The van der Waals surface area contributed by atoms with Crippen LogP contribution in [0.1, 0.15) is 30.2 Å². The summed E-state index contributed by atoms with van der Waals surface area (Å²) < 4.78 is 9.06. The van der Waals surface area contributed by atoms with Crippen molar-refractivity contribution >= 4 is 11.4 Å². The number of nitrogens with one attached hydrogen (secondary N) is 1. The molecule has 7 nitrogen and oxygen atoms in total. The summed E-state index contributed by atoms with van der Waals surface area (Å²) in [5.41, 5.74) is 1.91. The maximum absolute atomic E-state index is 12.5. The number of hydrogen-bond donors (Lipinski definition) is 1. The number of carbonyl (C=O) groups excluding carboxylic acids is 1. The van der Waals surface area contributed by atoms with Crippen molar-refractivity contribution in [2.45, 2.75) is 33.4 Å². The Morgan fingerprint density at radius 2 is 2.12 bits per heavy atom. The number of rotatable bonds is 6. The first-order chi connectivity index (χ1) is 12.0. The number of amides is 1. The van der Waals surface area contributed by atoms with Gasteiger partial charge in [-0.05, 0) is 32.9 Å². The van der Waals surface area contributed by atoms with Gasteiger partial charge in [-0.1, -0.05) is 6.07 Å². The normalized spacial score (nSPS) is 11.4. The lowest BCUT2D eigenvalue weighted by Gasteiger charge is -2.06. The standard InChI is InChI=1S/C18H23N5O2/c1-12(2)19-18(24)16-15-7-5-6-8-23(15)17(21-16)14-11-22(9-10-25-4)13(3)20-14/h5-8,11-12H,9-10H2,1-4H3,(H,19,24). The lowest BCUT2D eigenvalue weighted by atomic mass is 10.3. The van der Waals surface area contributed by atoms with E-state index in [-0.39, 0.29) is 11.9 Å². The van der Waals surface area contributed by atoms with E-state index >= 15 is 0 Å². The van der Waals surface area contributed by atoms with Crippen LogP contribution in [0.3, 0.4) is 0 Å². The van der Waals surface area contributed by atoms with Gasteiger partial charge in [-0.15, -0.1) is 0 Å². The Hall–Kier alpha value is -2.67. The summed E-state index contributed by atoms with van der Waals surface area (Å²) in [6, 6.07) is 5.75. The maximum atomic E-state index is 12.5. The van der Waals surface area contributed by atoms with Crippen LogP contribution in [0.15, 0.2) is 30.6 Å². The van der Waals surface area contributed by atoms with E-state index in [2.05, 4.69) is 15.3 Å². The van der Waals surface area contributed by atoms with Gasteiger partial charge in [0.2, 0.25) is 0 Å². The fourth-order valence-corrected chi connectivity index (χ4v) is 2.75. The van der Waals surface area contributed by atoms with Gasteiger partial charge < -0.3 is 14.6 Å². The first kappa shape index (κ1) is 17.2. The quantitative estimate of drug-likeness (QED) is 0.746. The van der Waals surface area contributed by atoms with Crippen molar-refractivity contribution in [1.29, 1.82) is 0 Å². The Balaban J connectivity index is 2.07. The topological polar surface area (TPSA) is 73.5 Å². The molecule has 0 saturated heterocycles. The maximum Gasteiger partial charge on any atom is 0.272 e. The van der Waals surface area contributed by atoms with Crippen LogP contribution < -0.4 is 5.32 Å². The number of nitrogens with zero attached hydrogens (tertiary/aromatic N) is 4. The van der Waals surface area contributed by atoms with Crippen LogP contribution in [0.5, 0.6) is 0 Å². The van der Waals surface area contributed by atoms with E-state index < -0.39 is 0 Å². The predicted octanol–water partition coefficient (Wildman–Crippen LogP) is 2.29. The minimum Gasteiger partial charge on any atom is -0.383 e. The summed E-state index contributed by atoms with van der Waals surface area (Å²) >= 11 is 0.